The van der Waals surface area contributed by atoms with E-state index in [1.54, 1.807) is 0 Å². The van der Waals surface area contributed by atoms with E-state index in [9.17, 15) is 4.79 Å². The van der Waals surface area contributed by atoms with Crippen LogP contribution in [0.1, 0.15) is 18.4 Å². The molecule has 1 aliphatic heterocycles. The van der Waals surface area contributed by atoms with Crippen LogP contribution in [0.2, 0.25) is 0 Å². The van der Waals surface area contributed by atoms with E-state index in [1.807, 2.05) is 24.3 Å². The summed E-state index contributed by atoms with van der Waals surface area (Å²) >= 11 is 0. The molecule has 3 N–H and O–H groups in total. The van der Waals surface area contributed by atoms with Gasteiger partial charge in [0.2, 0.25) is 5.91 Å². The van der Waals surface area contributed by atoms with Crippen LogP contribution in [0.25, 0.3) is 0 Å². The van der Waals surface area contributed by atoms with Crippen LogP contribution in [0.4, 0.5) is 5.69 Å². The second kappa shape index (κ2) is 8.64. The maximum atomic E-state index is 11.8. The lowest BCUT2D eigenvalue weighted by molar-refractivity contribution is -0.121. The van der Waals surface area contributed by atoms with Crippen LogP contribution in [-0.4, -0.2) is 50.2 Å². The fourth-order valence-corrected chi connectivity index (χ4v) is 2.45. The quantitative estimate of drug-likeness (QED) is 0.582. The van der Waals surface area contributed by atoms with Gasteiger partial charge in [0.1, 0.15) is 0 Å². The van der Waals surface area contributed by atoms with Gasteiger partial charge >= 0.3 is 0 Å². The van der Waals surface area contributed by atoms with E-state index >= 15 is 0 Å². The van der Waals surface area contributed by atoms with Crippen molar-refractivity contribution >= 4 is 11.6 Å². The van der Waals surface area contributed by atoms with Gasteiger partial charge in [-0.25, -0.2) is 0 Å². The van der Waals surface area contributed by atoms with Gasteiger partial charge < -0.3 is 15.8 Å². The molecule has 5 heteroatoms. The molecule has 1 saturated heterocycles. The normalized spacial score (nSPS) is 15.8. The summed E-state index contributed by atoms with van der Waals surface area (Å²) in [6.45, 7) is 5.43. The molecule has 2 rings (SSSR count). The number of nitrogens with zero attached hydrogens (tertiary/aromatic N) is 1. The van der Waals surface area contributed by atoms with Crippen molar-refractivity contribution in [1.82, 2.24) is 10.2 Å². The first-order valence-corrected chi connectivity index (χ1v) is 7.65. The molecule has 0 aliphatic carbocycles. The van der Waals surface area contributed by atoms with Crippen molar-refractivity contribution in [1.29, 1.82) is 0 Å². The molecule has 5 nitrogen and oxygen atoms in total. The SMILES string of the molecule is Nc1cccc(CCC(=O)NCCCN2CCOCC2)c1. The summed E-state index contributed by atoms with van der Waals surface area (Å²) in [6.07, 6.45) is 2.24. The minimum Gasteiger partial charge on any atom is -0.399 e. The molecule has 0 atom stereocenters. The summed E-state index contributed by atoms with van der Waals surface area (Å²) in [5.41, 5.74) is 7.58. The Labute approximate surface area is 126 Å². The largest absolute Gasteiger partial charge is 0.399 e. The van der Waals surface area contributed by atoms with Crippen LogP contribution in [0.3, 0.4) is 0 Å². The Balaban J connectivity index is 1.55. The molecule has 21 heavy (non-hydrogen) atoms. The second-order valence-corrected chi connectivity index (χ2v) is 5.40. The van der Waals surface area contributed by atoms with E-state index in [0.717, 1.165) is 63.5 Å². The predicted molar refractivity (Wildman–Crippen MR) is 84.1 cm³/mol. The maximum absolute atomic E-state index is 11.8. The predicted octanol–water partition coefficient (Wildman–Crippen LogP) is 1.04. The molecule has 0 saturated carbocycles. The number of carbonyl (C=O) groups excluding carboxylic acids is 1. The van der Waals surface area contributed by atoms with Gasteiger partial charge in [-0.2, -0.15) is 0 Å². The first-order valence-electron chi connectivity index (χ1n) is 7.65. The van der Waals surface area contributed by atoms with Crippen LogP contribution in [0.15, 0.2) is 24.3 Å². The van der Waals surface area contributed by atoms with Crippen molar-refractivity contribution in [3.63, 3.8) is 0 Å². The number of hydrogen-bond acceptors (Lipinski definition) is 4. The van der Waals surface area contributed by atoms with Gasteiger partial charge in [-0.15, -0.1) is 0 Å². The zero-order valence-electron chi connectivity index (χ0n) is 12.5. The van der Waals surface area contributed by atoms with Crippen LogP contribution < -0.4 is 11.1 Å². The Bertz CT molecular complexity index is 445. The second-order valence-electron chi connectivity index (χ2n) is 5.40. The van der Waals surface area contributed by atoms with E-state index in [4.69, 9.17) is 10.5 Å². The monoisotopic (exact) mass is 291 g/mol. The summed E-state index contributed by atoms with van der Waals surface area (Å²) in [6, 6.07) is 7.70. The highest BCUT2D eigenvalue weighted by atomic mass is 16.5. The molecule has 0 aromatic heterocycles. The first kappa shape index (κ1) is 15.8. The van der Waals surface area contributed by atoms with Crippen LogP contribution in [0, 0.1) is 0 Å². The van der Waals surface area contributed by atoms with Crippen molar-refractivity contribution in [3.8, 4) is 0 Å². The van der Waals surface area contributed by atoms with Crippen molar-refractivity contribution in [3.05, 3.63) is 29.8 Å². The minimum atomic E-state index is 0.111. The molecule has 1 fully saturated rings. The van der Waals surface area contributed by atoms with Gasteiger partial charge in [0.05, 0.1) is 13.2 Å². The smallest absolute Gasteiger partial charge is 0.220 e. The van der Waals surface area contributed by atoms with E-state index in [-0.39, 0.29) is 5.91 Å². The number of anilines is 1. The number of benzene rings is 1. The number of hydrogen-bond donors (Lipinski definition) is 2. The van der Waals surface area contributed by atoms with Gasteiger partial charge in [0, 0.05) is 31.7 Å². The van der Waals surface area contributed by atoms with Gasteiger partial charge in [-0.3, -0.25) is 9.69 Å². The molecule has 1 aliphatic rings. The third kappa shape index (κ3) is 6.14. The van der Waals surface area contributed by atoms with Crippen molar-refractivity contribution in [2.45, 2.75) is 19.3 Å². The van der Waals surface area contributed by atoms with Crippen LogP contribution >= 0.6 is 0 Å². The molecule has 0 bridgehead atoms. The average molecular weight is 291 g/mol. The van der Waals surface area contributed by atoms with Crippen LogP contribution in [-0.2, 0) is 16.0 Å². The molecule has 0 spiro atoms. The summed E-state index contributed by atoms with van der Waals surface area (Å²) in [5.74, 6) is 0.111. The lowest BCUT2D eigenvalue weighted by Crippen LogP contribution is -2.38. The molecule has 1 amide bonds. The Morgan fingerprint density at radius 1 is 1.33 bits per heavy atom. The third-order valence-corrected chi connectivity index (χ3v) is 3.67. The molecule has 116 valence electrons. The standard InChI is InChI=1S/C16H25N3O2/c17-15-4-1-3-14(13-15)5-6-16(20)18-7-2-8-19-9-11-21-12-10-19/h1,3-4,13H,2,5-12,17H2,(H,18,20). The summed E-state index contributed by atoms with van der Waals surface area (Å²) in [4.78, 5) is 14.2. The zero-order chi connectivity index (χ0) is 14.9. The zero-order valence-corrected chi connectivity index (χ0v) is 12.5. The van der Waals surface area contributed by atoms with Gasteiger partial charge in [0.15, 0.2) is 0 Å². The van der Waals surface area contributed by atoms with E-state index in [1.165, 1.54) is 0 Å². The first-order chi connectivity index (χ1) is 10.2. The summed E-state index contributed by atoms with van der Waals surface area (Å²) < 4.78 is 5.31. The highest BCUT2D eigenvalue weighted by Crippen LogP contribution is 2.08. The highest BCUT2D eigenvalue weighted by Gasteiger charge is 2.09. The number of nitrogens with two attached hydrogens (primary N) is 1. The summed E-state index contributed by atoms with van der Waals surface area (Å²) in [7, 11) is 0. The fraction of sp³-hybridized carbons (Fsp3) is 0.562. The Kier molecular flexibility index (Phi) is 6.50. The molecule has 0 unspecified atom stereocenters. The molecular weight excluding hydrogens is 266 g/mol. The molecular formula is C16H25N3O2. The highest BCUT2D eigenvalue weighted by molar-refractivity contribution is 5.76. The van der Waals surface area contributed by atoms with E-state index in [0.29, 0.717) is 6.42 Å². The Morgan fingerprint density at radius 2 is 2.14 bits per heavy atom. The number of carbonyl (C=O) groups is 1. The van der Waals surface area contributed by atoms with Gasteiger partial charge in [-0.1, -0.05) is 12.1 Å². The summed E-state index contributed by atoms with van der Waals surface area (Å²) in [5, 5.41) is 2.98. The van der Waals surface area contributed by atoms with Gasteiger partial charge in [-0.05, 0) is 37.1 Å². The number of amides is 1. The average Bonchev–Trinajstić information content (AvgIpc) is 2.51. The van der Waals surface area contributed by atoms with Crippen LogP contribution in [0.5, 0.6) is 0 Å². The number of nitrogens with one attached hydrogen (secondary N) is 1. The molecule has 1 heterocycles. The van der Waals surface area contributed by atoms with Crippen molar-refractivity contribution in [2.75, 3.05) is 45.1 Å². The lowest BCUT2D eigenvalue weighted by Gasteiger charge is -2.26. The van der Waals surface area contributed by atoms with E-state index in [2.05, 4.69) is 10.2 Å². The molecule has 0 radical (unpaired) electrons. The lowest BCUT2D eigenvalue weighted by atomic mass is 10.1. The molecule has 1 aromatic carbocycles. The molecule has 1 aromatic rings. The van der Waals surface area contributed by atoms with Crippen molar-refractivity contribution < 1.29 is 9.53 Å². The number of morpholine rings is 1. The fourth-order valence-electron chi connectivity index (χ4n) is 2.45. The number of rotatable bonds is 7. The maximum Gasteiger partial charge on any atom is 0.220 e. The topological polar surface area (TPSA) is 67.6 Å². The number of ether oxygens (including phenoxy) is 1. The third-order valence-electron chi connectivity index (χ3n) is 3.67. The Hall–Kier alpha value is -1.59. The minimum absolute atomic E-state index is 0.111. The number of aryl methyl sites for hydroxylation is 1. The van der Waals surface area contributed by atoms with Gasteiger partial charge in [0.25, 0.3) is 0 Å². The van der Waals surface area contributed by atoms with Crippen molar-refractivity contribution in [2.24, 2.45) is 0 Å². The van der Waals surface area contributed by atoms with E-state index < -0.39 is 0 Å². The number of nitrogen functional groups attached to an aromatic ring is 1. The Morgan fingerprint density at radius 3 is 2.90 bits per heavy atom.